The van der Waals surface area contributed by atoms with Crippen LogP contribution in [0, 0.1) is 0 Å². The zero-order valence-electron chi connectivity index (χ0n) is 13.3. The summed E-state index contributed by atoms with van der Waals surface area (Å²) in [6, 6.07) is 4.82. The van der Waals surface area contributed by atoms with Crippen LogP contribution >= 0.6 is 0 Å². The van der Waals surface area contributed by atoms with Crippen LogP contribution in [-0.2, 0) is 21.7 Å². The molecule has 0 spiro atoms. The Balaban J connectivity index is 3.46. The Morgan fingerprint density at radius 3 is 2.19 bits per heavy atom. The van der Waals surface area contributed by atoms with Crippen LogP contribution in [0.25, 0.3) is 0 Å². The van der Waals surface area contributed by atoms with Crippen molar-refractivity contribution < 1.29 is 17.2 Å². The Morgan fingerprint density at radius 1 is 1.19 bits per heavy atom. The van der Waals surface area contributed by atoms with Crippen LogP contribution in [0.4, 0.5) is 8.78 Å². The van der Waals surface area contributed by atoms with Gasteiger partial charge in [-0.15, -0.1) is 0 Å². The zero-order valence-corrected chi connectivity index (χ0v) is 14.1. The van der Waals surface area contributed by atoms with Gasteiger partial charge < -0.3 is 0 Å². The molecule has 1 unspecified atom stereocenters. The van der Waals surface area contributed by atoms with Crippen molar-refractivity contribution in [3.8, 4) is 0 Å². The van der Waals surface area contributed by atoms with Crippen LogP contribution in [-0.4, -0.2) is 20.1 Å². The van der Waals surface area contributed by atoms with E-state index >= 15 is 0 Å². The van der Waals surface area contributed by atoms with E-state index in [2.05, 4.69) is 0 Å². The molecule has 120 valence electrons. The Morgan fingerprint density at radius 2 is 1.76 bits per heavy atom. The van der Waals surface area contributed by atoms with Gasteiger partial charge in [-0.3, -0.25) is 0 Å². The quantitative estimate of drug-likeness (QED) is 0.808. The van der Waals surface area contributed by atoms with Crippen molar-refractivity contribution in [1.29, 1.82) is 0 Å². The summed E-state index contributed by atoms with van der Waals surface area (Å²) in [7, 11) is -3.56. The SMILES string of the molecule is CCC(C)S(=O)(=O)c1ccc(C(C)(C)C)cc1CC(F)F. The van der Waals surface area contributed by atoms with E-state index in [-0.39, 0.29) is 15.9 Å². The minimum atomic E-state index is -3.56. The Hall–Kier alpha value is -0.970. The van der Waals surface area contributed by atoms with Gasteiger partial charge in [0, 0.05) is 6.42 Å². The molecule has 0 radical (unpaired) electrons. The van der Waals surface area contributed by atoms with Gasteiger partial charge in [0.25, 0.3) is 0 Å². The van der Waals surface area contributed by atoms with Crippen molar-refractivity contribution >= 4 is 9.84 Å². The van der Waals surface area contributed by atoms with Crippen molar-refractivity contribution in [2.75, 3.05) is 0 Å². The van der Waals surface area contributed by atoms with Crippen molar-refractivity contribution in [2.45, 2.75) is 69.4 Å². The molecule has 0 aromatic heterocycles. The fourth-order valence-electron chi connectivity index (χ4n) is 2.09. The van der Waals surface area contributed by atoms with Crippen molar-refractivity contribution in [1.82, 2.24) is 0 Å². The molecule has 0 N–H and O–H groups in total. The molecule has 0 saturated heterocycles. The van der Waals surface area contributed by atoms with Gasteiger partial charge in [-0.2, -0.15) is 0 Å². The van der Waals surface area contributed by atoms with Crippen molar-refractivity contribution in [3.05, 3.63) is 29.3 Å². The van der Waals surface area contributed by atoms with Gasteiger partial charge >= 0.3 is 0 Å². The average molecular weight is 318 g/mol. The van der Waals surface area contributed by atoms with Crippen LogP contribution in [0.3, 0.4) is 0 Å². The Labute approximate surface area is 126 Å². The first-order valence-corrected chi connectivity index (χ1v) is 8.70. The summed E-state index contributed by atoms with van der Waals surface area (Å²) in [6.45, 7) is 9.30. The van der Waals surface area contributed by atoms with Crippen LogP contribution < -0.4 is 0 Å². The van der Waals surface area contributed by atoms with E-state index in [1.165, 1.54) is 6.07 Å². The number of benzene rings is 1. The summed E-state index contributed by atoms with van der Waals surface area (Å²) in [4.78, 5) is 0.0464. The van der Waals surface area contributed by atoms with Gasteiger partial charge in [0.05, 0.1) is 10.1 Å². The first-order chi connectivity index (χ1) is 9.50. The average Bonchev–Trinajstić information content (AvgIpc) is 2.35. The molecule has 1 aromatic carbocycles. The highest BCUT2D eigenvalue weighted by atomic mass is 32.2. The monoisotopic (exact) mass is 318 g/mol. The Kier molecular flexibility index (Phi) is 5.53. The maximum atomic E-state index is 12.8. The molecule has 2 nitrogen and oxygen atoms in total. The topological polar surface area (TPSA) is 34.1 Å². The van der Waals surface area contributed by atoms with Crippen molar-refractivity contribution in [2.24, 2.45) is 0 Å². The van der Waals surface area contributed by atoms with E-state index in [4.69, 9.17) is 0 Å². The standard InChI is InChI=1S/C16H24F2O2S/c1-6-11(2)21(19,20)14-8-7-13(16(3,4)5)9-12(14)10-15(17)18/h7-9,11,15H,6,10H2,1-5H3. The summed E-state index contributed by atoms with van der Waals surface area (Å²) >= 11 is 0. The summed E-state index contributed by atoms with van der Waals surface area (Å²) in [5.41, 5.74) is 0.870. The summed E-state index contributed by atoms with van der Waals surface area (Å²) in [5.74, 6) is 0. The normalized spacial score (nSPS) is 14.5. The van der Waals surface area contributed by atoms with E-state index in [1.54, 1.807) is 26.0 Å². The Bertz CT molecular complexity index is 587. The molecule has 1 aromatic rings. The molecular weight excluding hydrogens is 294 g/mol. The highest BCUT2D eigenvalue weighted by Crippen LogP contribution is 2.30. The van der Waals surface area contributed by atoms with Crippen LogP contribution in [0.15, 0.2) is 23.1 Å². The molecule has 0 aliphatic carbocycles. The molecule has 21 heavy (non-hydrogen) atoms. The van der Waals surface area contributed by atoms with Crippen LogP contribution in [0.1, 0.15) is 52.2 Å². The summed E-state index contributed by atoms with van der Waals surface area (Å²) in [5, 5.41) is -0.575. The minimum Gasteiger partial charge on any atom is -0.223 e. The van der Waals surface area contributed by atoms with Gasteiger partial charge in [-0.05, 0) is 36.0 Å². The van der Waals surface area contributed by atoms with Gasteiger partial charge in [-0.25, -0.2) is 17.2 Å². The maximum Gasteiger partial charge on any atom is 0.242 e. The van der Waals surface area contributed by atoms with Gasteiger partial charge in [0.1, 0.15) is 0 Å². The largest absolute Gasteiger partial charge is 0.242 e. The second-order valence-electron chi connectivity index (χ2n) is 6.43. The molecule has 0 heterocycles. The molecular formula is C16H24F2O2S. The highest BCUT2D eigenvalue weighted by molar-refractivity contribution is 7.92. The first kappa shape index (κ1) is 18.1. The van der Waals surface area contributed by atoms with Crippen LogP contribution in [0.5, 0.6) is 0 Å². The summed E-state index contributed by atoms with van der Waals surface area (Å²) in [6.07, 6.45) is -2.64. The van der Waals surface area contributed by atoms with E-state index in [1.807, 2.05) is 20.8 Å². The summed E-state index contributed by atoms with van der Waals surface area (Å²) < 4.78 is 50.6. The molecule has 0 aliphatic rings. The predicted octanol–water partition coefficient (Wildman–Crippen LogP) is 4.36. The number of hydrogen-bond donors (Lipinski definition) is 0. The molecule has 0 amide bonds. The second kappa shape index (κ2) is 6.42. The lowest BCUT2D eigenvalue weighted by Crippen LogP contribution is -2.20. The maximum absolute atomic E-state index is 12.8. The van der Waals surface area contributed by atoms with Crippen LogP contribution in [0.2, 0.25) is 0 Å². The lowest BCUT2D eigenvalue weighted by Gasteiger charge is -2.22. The molecule has 1 atom stereocenters. The second-order valence-corrected chi connectivity index (χ2v) is 8.77. The third-order valence-corrected chi connectivity index (χ3v) is 6.12. The molecule has 0 saturated carbocycles. The lowest BCUT2D eigenvalue weighted by molar-refractivity contribution is 0.148. The number of hydrogen-bond acceptors (Lipinski definition) is 2. The highest BCUT2D eigenvalue weighted by Gasteiger charge is 2.27. The van der Waals surface area contributed by atoms with E-state index < -0.39 is 27.9 Å². The third kappa shape index (κ3) is 4.25. The van der Waals surface area contributed by atoms with E-state index in [9.17, 15) is 17.2 Å². The predicted molar refractivity (Wildman–Crippen MR) is 81.8 cm³/mol. The van der Waals surface area contributed by atoms with Gasteiger partial charge in [-0.1, -0.05) is 39.8 Å². The van der Waals surface area contributed by atoms with Gasteiger partial charge in [0.2, 0.25) is 6.43 Å². The number of alkyl halides is 2. The zero-order chi connectivity index (χ0) is 16.4. The first-order valence-electron chi connectivity index (χ1n) is 7.15. The molecule has 5 heteroatoms. The smallest absolute Gasteiger partial charge is 0.223 e. The molecule has 0 fully saturated rings. The molecule has 1 rings (SSSR count). The molecule has 0 aliphatic heterocycles. The number of rotatable bonds is 5. The lowest BCUT2D eigenvalue weighted by atomic mass is 9.86. The van der Waals surface area contributed by atoms with E-state index in [0.717, 1.165) is 5.56 Å². The number of sulfone groups is 1. The van der Waals surface area contributed by atoms with Gasteiger partial charge in [0.15, 0.2) is 9.84 Å². The fourth-order valence-corrected chi connectivity index (χ4v) is 3.72. The van der Waals surface area contributed by atoms with Crippen molar-refractivity contribution in [3.63, 3.8) is 0 Å². The number of halogens is 2. The fraction of sp³-hybridized carbons (Fsp3) is 0.625. The minimum absolute atomic E-state index is 0.0464. The molecule has 0 bridgehead atoms. The third-order valence-electron chi connectivity index (χ3n) is 3.71. The van der Waals surface area contributed by atoms with E-state index in [0.29, 0.717) is 6.42 Å².